The van der Waals surface area contributed by atoms with E-state index in [1.54, 1.807) is 13.1 Å². The standard InChI is InChI=1S/C18H16N4O2S/c1-12-16(25-18(19)21-12)17(23)22-20-11-13-6-5-9-15(10-13)24-14-7-3-2-4-8-14/h2-11H,1H3,(H2,19,21)(H,22,23)/b20-11-. The van der Waals surface area contributed by atoms with E-state index in [4.69, 9.17) is 10.5 Å². The Morgan fingerprint density at radius 2 is 1.96 bits per heavy atom. The second kappa shape index (κ2) is 7.59. The molecule has 0 aliphatic carbocycles. The minimum atomic E-state index is -0.334. The average Bonchev–Trinajstić information content (AvgIpc) is 2.94. The summed E-state index contributed by atoms with van der Waals surface area (Å²) in [6, 6.07) is 16.9. The molecule has 0 fully saturated rings. The summed E-state index contributed by atoms with van der Waals surface area (Å²) in [7, 11) is 0. The number of amides is 1. The summed E-state index contributed by atoms with van der Waals surface area (Å²) in [6.45, 7) is 1.73. The Balaban J connectivity index is 1.64. The normalized spacial score (nSPS) is 10.8. The van der Waals surface area contributed by atoms with Gasteiger partial charge in [-0.25, -0.2) is 10.4 Å². The van der Waals surface area contributed by atoms with Crippen LogP contribution in [0.4, 0.5) is 5.13 Å². The largest absolute Gasteiger partial charge is 0.457 e. The summed E-state index contributed by atoms with van der Waals surface area (Å²) < 4.78 is 5.76. The molecule has 2 aromatic carbocycles. The number of nitrogen functional groups attached to an aromatic ring is 1. The number of carbonyl (C=O) groups is 1. The summed E-state index contributed by atoms with van der Waals surface area (Å²) in [5.41, 5.74) is 9.46. The molecule has 0 spiro atoms. The second-order valence-electron chi connectivity index (χ2n) is 5.15. The molecule has 0 radical (unpaired) electrons. The fourth-order valence-corrected chi connectivity index (χ4v) is 2.85. The van der Waals surface area contributed by atoms with Gasteiger partial charge in [0.2, 0.25) is 0 Å². The van der Waals surface area contributed by atoms with E-state index in [1.165, 1.54) is 0 Å². The fourth-order valence-electron chi connectivity index (χ4n) is 2.13. The molecule has 1 aromatic heterocycles. The van der Waals surface area contributed by atoms with E-state index in [1.807, 2.05) is 54.6 Å². The van der Waals surface area contributed by atoms with E-state index in [0.29, 0.717) is 21.5 Å². The number of benzene rings is 2. The number of anilines is 1. The zero-order valence-corrected chi connectivity index (χ0v) is 14.3. The summed E-state index contributed by atoms with van der Waals surface area (Å²) in [5.74, 6) is 1.11. The van der Waals surface area contributed by atoms with Crippen LogP contribution in [0.5, 0.6) is 11.5 Å². The van der Waals surface area contributed by atoms with E-state index >= 15 is 0 Å². The maximum atomic E-state index is 12.0. The Morgan fingerprint density at radius 3 is 2.68 bits per heavy atom. The second-order valence-corrected chi connectivity index (χ2v) is 6.18. The van der Waals surface area contributed by atoms with Crippen LogP contribution in [0, 0.1) is 6.92 Å². The minimum absolute atomic E-state index is 0.334. The first-order chi connectivity index (χ1) is 12.1. The van der Waals surface area contributed by atoms with Crippen LogP contribution in [0.3, 0.4) is 0 Å². The maximum Gasteiger partial charge on any atom is 0.283 e. The van der Waals surface area contributed by atoms with Crippen molar-refractivity contribution in [2.24, 2.45) is 5.10 Å². The van der Waals surface area contributed by atoms with Crippen molar-refractivity contribution in [2.75, 3.05) is 5.73 Å². The Bertz CT molecular complexity index is 906. The molecule has 3 aromatic rings. The third kappa shape index (κ3) is 4.42. The number of para-hydroxylation sites is 1. The molecule has 126 valence electrons. The van der Waals surface area contributed by atoms with E-state index < -0.39 is 0 Å². The molecule has 7 heteroatoms. The van der Waals surface area contributed by atoms with Gasteiger partial charge in [-0.05, 0) is 36.8 Å². The van der Waals surface area contributed by atoms with E-state index in [9.17, 15) is 4.79 Å². The number of carbonyl (C=O) groups excluding carboxylic acids is 1. The first kappa shape index (κ1) is 16.7. The first-order valence-corrected chi connectivity index (χ1v) is 8.33. The number of hydrazone groups is 1. The molecule has 1 amide bonds. The number of aryl methyl sites for hydroxylation is 1. The molecule has 1 heterocycles. The van der Waals surface area contributed by atoms with Crippen molar-refractivity contribution < 1.29 is 9.53 Å². The molecule has 3 N–H and O–H groups in total. The van der Waals surface area contributed by atoms with Crippen LogP contribution in [-0.4, -0.2) is 17.1 Å². The molecular formula is C18H16N4O2S. The molecule has 0 unspecified atom stereocenters. The molecule has 0 saturated heterocycles. The topological polar surface area (TPSA) is 89.6 Å². The SMILES string of the molecule is Cc1nc(N)sc1C(=O)N/N=C\c1cccc(Oc2ccccc2)c1. The highest BCUT2D eigenvalue weighted by Gasteiger charge is 2.13. The number of nitrogens with two attached hydrogens (primary N) is 1. The van der Waals surface area contributed by atoms with Gasteiger partial charge in [-0.3, -0.25) is 4.79 Å². The number of nitrogens with one attached hydrogen (secondary N) is 1. The third-order valence-corrected chi connectivity index (χ3v) is 4.22. The monoisotopic (exact) mass is 352 g/mol. The van der Waals surface area contributed by atoms with Crippen molar-refractivity contribution in [2.45, 2.75) is 6.92 Å². The predicted molar refractivity (Wildman–Crippen MR) is 99.3 cm³/mol. The number of aromatic nitrogens is 1. The van der Waals surface area contributed by atoms with Gasteiger partial charge in [0.1, 0.15) is 16.4 Å². The van der Waals surface area contributed by atoms with E-state index in [-0.39, 0.29) is 5.91 Å². The van der Waals surface area contributed by atoms with Gasteiger partial charge < -0.3 is 10.5 Å². The number of hydrogen-bond donors (Lipinski definition) is 2. The van der Waals surface area contributed by atoms with E-state index in [0.717, 1.165) is 22.6 Å². The molecular weight excluding hydrogens is 336 g/mol. The lowest BCUT2D eigenvalue weighted by Gasteiger charge is -2.05. The molecule has 6 nitrogen and oxygen atoms in total. The molecule has 0 atom stereocenters. The molecule has 0 bridgehead atoms. The van der Waals surface area contributed by atoms with Crippen LogP contribution >= 0.6 is 11.3 Å². The highest BCUT2D eigenvalue weighted by Crippen LogP contribution is 2.21. The van der Waals surface area contributed by atoms with Gasteiger partial charge in [0.05, 0.1) is 11.9 Å². The van der Waals surface area contributed by atoms with Crippen molar-refractivity contribution in [3.8, 4) is 11.5 Å². The predicted octanol–water partition coefficient (Wildman–Crippen LogP) is 3.59. The van der Waals surface area contributed by atoms with Crippen LogP contribution in [-0.2, 0) is 0 Å². The quantitative estimate of drug-likeness (QED) is 0.542. The van der Waals surface area contributed by atoms with Crippen molar-refractivity contribution in [3.05, 3.63) is 70.7 Å². The van der Waals surface area contributed by atoms with Gasteiger partial charge in [-0.1, -0.05) is 41.7 Å². The number of nitrogens with zero attached hydrogens (tertiary/aromatic N) is 2. The zero-order valence-electron chi connectivity index (χ0n) is 13.5. The van der Waals surface area contributed by atoms with Gasteiger partial charge >= 0.3 is 0 Å². The van der Waals surface area contributed by atoms with Gasteiger partial charge in [0.25, 0.3) is 5.91 Å². The Labute approximate surface area is 149 Å². The minimum Gasteiger partial charge on any atom is -0.457 e. The lowest BCUT2D eigenvalue weighted by atomic mass is 10.2. The molecule has 0 aliphatic heterocycles. The summed E-state index contributed by atoms with van der Waals surface area (Å²) in [6.07, 6.45) is 1.55. The van der Waals surface area contributed by atoms with Gasteiger partial charge in [-0.15, -0.1) is 0 Å². The molecule has 0 saturated carbocycles. The molecule has 3 rings (SSSR count). The van der Waals surface area contributed by atoms with Crippen LogP contribution in [0.25, 0.3) is 0 Å². The summed E-state index contributed by atoms with van der Waals surface area (Å²) in [5, 5.41) is 4.33. The van der Waals surface area contributed by atoms with Crippen molar-refractivity contribution in [1.29, 1.82) is 0 Å². The Kier molecular flexibility index (Phi) is 5.06. The Hall–Kier alpha value is -3.19. The number of ether oxygens (including phenoxy) is 1. The average molecular weight is 352 g/mol. The number of hydrogen-bond acceptors (Lipinski definition) is 6. The fraction of sp³-hybridized carbons (Fsp3) is 0.0556. The van der Waals surface area contributed by atoms with Crippen molar-refractivity contribution in [1.82, 2.24) is 10.4 Å². The lowest BCUT2D eigenvalue weighted by Crippen LogP contribution is -2.17. The number of rotatable bonds is 5. The highest BCUT2D eigenvalue weighted by molar-refractivity contribution is 7.17. The first-order valence-electron chi connectivity index (χ1n) is 7.51. The highest BCUT2D eigenvalue weighted by atomic mass is 32.1. The third-order valence-electron chi connectivity index (χ3n) is 3.24. The van der Waals surface area contributed by atoms with Crippen molar-refractivity contribution >= 4 is 28.6 Å². The maximum absolute atomic E-state index is 12.0. The smallest absolute Gasteiger partial charge is 0.283 e. The molecule has 25 heavy (non-hydrogen) atoms. The Morgan fingerprint density at radius 1 is 1.20 bits per heavy atom. The van der Waals surface area contributed by atoms with Crippen LogP contribution in [0.1, 0.15) is 20.9 Å². The molecule has 0 aliphatic rings. The lowest BCUT2D eigenvalue weighted by molar-refractivity contribution is 0.0958. The van der Waals surface area contributed by atoms with Crippen LogP contribution < -0.4 is 15.9 Å². The van der Waals surface area contributed by atoms with Gasteiger partial charge in [-0.2, -0.15) is 5.10 Å². The zero-order chi connectivity index (χ0) is 17.6. The van der Waals surface area contributed by atoms with Crippen LogP contribution in [0.2, 0.25) is 0 Å². The number of thiazole rings is 1. The van der Waals surface area contributed by atoms with Gasteiger partial charge in [0.15, 0.2) is 5.13 Å². The summed E-state index contributed by atoms with van der Waals surface area (Å²) in [4.78, 5) is 16.5. The summed E-state index contributed by atoms with van der Waals surface area (Å²) >= 11 is 1.13. The van der Waals surface area contributed by atoms with Crippen LogP contribution in [0.15, 0.2) is 59.7 Å². The van der Waals surface area contributed by atoms with Gasteiger partial charge in [0, 0.05) is 0 Å². The van der Waals surface area contributed by atoms with E-state index in [2.05, 4.69) is 15.5 Å². The van der Waals surface area contributed by atoms with Crippen molar-refractivity contribution in [3.63, 3.8) is 0 Å².